The molecule has 0 atom stereocenters. The van der Waals surface area contributed by atoms with E-state index in [-0.39, 0.29) is 5.69 Å². The van der Waals surface area contributed by atoms with Crippen molar-refractivity contribution in [3.05, 3.63) is 33.9 Å². The lowest BCUT2D eigenvalue weighted by Gasteiger charge is -2.11. The van der Waals surface area contributed by atoms with Crippen LogP contribution in [0.5, 0.6) is 0 Å². The summed E-state index contributed by atoms with van der Waals surface area (Å²) >= 11 is 0. The number of unbranched alkanes of at least 4 members (excludes halogenated alkanes) is 1. The van der Waals surface area contributed by atoms with Crippen molar-refractivity contribution in [1.82, 2.24) is 0 Å². The number of hydrogen-bond acceptors (Lipinski definition) is 4. The maximum Gasteiger partial charge on any atom is 0.423 e. The Balaban J connectivity index is 2.90. The van der Waals surface area contributed by atoms with Gasteiger partial charge in [0.15, 0.2) is 0 Å². The highest BCUT2D eigenvalue weighted by Gasteiger charge is 2.38. The fraction of sp³-hybridized carbons (Fsp3) is 0.455. The minimum Gasteiger partial charge on any atom is -0.385 e. The van der Waals surface area contributed by atoms with E-state index < -0.39 is 22.4 Å². The van der Waals surface area contributed by atoms with Crippen LogP contribution in [-0.4, -0.2) is 18.0 Å². The third kappa shape index (κ3) is 4.40. The summed E-state index contributed by atoms with van der Waals surface area (Å²) in [6.45, 7) is 0.974. The van der Waals surface area contributed by atoms with Gasteiger partial charge in [-0.2, -0.15) is 13.2 Å². The third-order valence-electron chi connectivity index (χ3n) is 2.46. The molecule has 0 saturated heterocycles. The summed E-state index contributed by atoms with van der Waals surface area (Å²) in [5.74, 6) is 0. The van der Waals surface area contributed by atoms with Crippen molar-refractivity contribution < 1.29 is 18.1 Å². The molecule has 0 aromatic heterocycles. The first-order valence-corrected chi connectivity index (χ1v) is 5.66. The molecule has 0 spiro atoms. The van der Waals surface area contributed by atoms with Gasteiger partial charge in [-0.05, 0) is 31.5 Å². The van der Waals surface area contributed by atoms with Crippen LogP contribution < -0.4 is 11.1 Å². The standard InChI is InChI=1S/C11H14F3N3O2/c12-11(13,14)9-7-8(16-6-2-1-5-15)3-4-10(9)17(18)19/h3-4,7,16H,1-2,5-6,15H2. The highest BCUT2D eigenvalue weighted by Crippen LogP contribution is 2.37. The van der Waals surface area contributed by atoms with Gasteiger partial charge in [-0.1, -0.05) is 0 Å². The fourth-order valence-corrected chi connectivity index (χ4v) is 1.53. The van der Waals surface area contributed by atoms with Gasteiger partial charge >= 0.3 is 6.18 Å². The van der Waals surface area contributed by atoms with Gasteiger partial charge in [0.1, 0.15) is 5.56 Å². The Labute approximate surface area is 107 Å². The average molecular weight is 277 g/mol. The molecule has 0 heterocycles. The maximum atomic E-state index is 12.7. The summed E-state index contributed by atoms with van der Waals surface area (Å²) in [6.07, 6.45) is -3.28. The number of anilines is 1. The number of nitrogens with zero attached hydrogens (tertiary/aromatic N) is 1. The molecule has 1 aromatic rings. The summed E-state index contributed by atoms with van der Waals surface area (Å²) in [4.78, 5) is 9.51. The molecule has 1 aromatic carbocycles. The van der Waals surface area contributed by atoms with Crippen molar-refractivity contribution in [2.75, 3.05) is 18.4 Å². The Bertz CT molecular complexity index is 449. The molecule has 0 aliphatic heterocycles. The van der Waals surface area contributed by atoms with Gasteiger partial charge in [0, 0.05) is 18.3 Å². The SMILES string of the molecule is NCCCCNc1ccc([N+](=O)[O-])c(C(F)(F)F)c1. The maximum absolute atomic E-state index is 12.7. The molecule has 3 N–H and O–H groups in total. The summed E-state index contributed by atoms with van der Waals surface area (Å²) < 4.78 is 38.0. The molecule has 0 aliphatic carbocycles. The Morgan fingerprint density at radius 3 is 2.53 bits per heavy atom. The minimum atomic E-state index is -4.75. The molecule has 5 nitrogen and oxygen atoms in total. The van der Waals surface area contributed by atoms with E-state index in [2.05, 4.69) is 5.32 Å². The molecular formula is C11H14F3N3O2. The Morgan fingerprint density at radius 1 is 1.32 bits per heavy atom. The lowest BCUT2D eigenvalue weighted by atomic mass is 10.1. The largest absolute Gasteiger partial charge is 0.423 e. The summed E-state index contributed by atoms with van der Waals surface area (Å²) in [5.41, 5.74) is 3.30. The van der Waals surface area contributed by atoms with Gasteiger partial charge in [0.25, 0.3) is 5.69 Å². The van der Waals surface area contributed by atoms with E-state index in [0.717, 1.165) is 25.0 Å². The molecule has 8 heteroatoms. The second-order valence-electron chi connectivity index (χ2n) is 3.91. The Kier molecular flexibility index (Phi) is 5.11. The van der Waals surface area contributed by atoms with Gasteiger partial charge in [-0.3, -0.25) is 10.1 Å². The number of nitrogens with two attached hydrogens (primary N) is 1. The number of halogens is 3. The molecule has 0 bridgehead atoms. The van der Waals surface area contributed by atoms with Crippen molar-refractivity contribution in [3.8, 4) is 0 Å². The lowest BCUT2D eigenvalue weighted by molar-refractivity contribution is -0.388. The number of benzene rings is 1. The number of rotatable bonds is 6. The first kappa shape index (κ1) is 15.2. The number of nitrogens with one attached hydrogen (secondary N) is 1. The average Bonchev–Trinajstić information content (AvgIpc) is 2.33. The van der Waals surface area contributed by atoms with Crippen molar-refractivity contribution in [2.24, 2.45) is 5.73 Å². The number of hydrogen-bond donors (Lipinski definition) is 2. The fourth-order valence-electron chi connectivity index (χ4n) is 1.53. The van der Waals surface area contributed by atoms with Crippen LogP contribution in [0.25, 0.3) is 0 Å². The van der Waals surface area contributed by atoms with E-state index in [4.69, 9.17) is 5.73 Å². The summed E-state index contributed by atoms with van der Waals surface area (Å²) in [7, 11) is 0. The summed E-state index contributed by atoms with van der Waals surface area (Å²) in [6, 6.07) is 2.87. The van der Waals surface area contributed by atoms with Crippen LogP contribution >= 0.6 is 0 Å². The van der Waals surface area contributed by atoms with Crippen LogP contribution in [0.1, 0.15) is 18.4 Å². The highest BCUT2D eigenvalue weighted by molar-refractivity contribution is 5.55. The van der Waals surface area contributed by atoms with Gasteiger partial charge in [0.05, 0.1) is 4.92 Å². The highest BCUT2D eigenvalue weighted by atomic mass is 19.4. The summed E-state index contributed by atoms with van der Waals surface area (Å²) in [5, 5.41) is 13.3. The van der Waals surface area contributed by atoms with Gasteiger partial charge in [0.2, 0.25) is 0 Å². The van der Waals surface area contributed by atoms with E-state index in [9.17, 15) is 23.3 Å². The van der Waals surface area contributed by atoms with E-state index in [1.165, 1.54) is 6.07 Å². The predicted molar refractivity (Wildman–Crippen MR) is 64.9 cm³/mol. The van der Waals surface area contributed by atoms with Gasteiger partial charge < -0.3 is 11.1 Å². The molecular weight excluding hydrogens is 263 g/mol. The zero-order chi connectivity index (χ0) is 14.5. The normalized spacial score (nSPS) is 11.4. The third-order valence-corrected chi connectivity index (χ3v) is 2.46. The topological polar surface area (TPSA) is 81.2 Å². The Morgan fingerprint density at radius 2 is 2.00 bits per heavy atom. The number of nitro benzene ring substituents is 1. The first-order valence-electron chi connectivity index (χ1n) is 5.66. The van der Waals surface area contributed by atoms with Crippen molar-refractivity contribution in [1.29, 1.82) is 0 Å². The smallest absolute Gasteiger partial charge is 0.385 e. The molecule has 0 fully saturated rings. The van der Waals surface area contributed by atoms with E-state index in [1.807, 2.05) is 0 Å². The monoisotopic (exact) mass is 277 g/mol. The molecule has 1 rings (SSSR count). The molecule has 0 aliphatic rings. The van der Waals surface area contributed by atoms with Crippen LogP contribution in [-0.2, 0) is 6.18 Å². The van der Waals surface area contributed by atoms with Crippen LogP contribution in [0.15, 0.2) is 18.2 Å². The second kappa shape index (κ2) is 6.37. The van der Waals surface area contributed by atoms with Crippen molar-refractivity contribution in [2.45, 2.75) is 19.0 Å². The van der Waals surface area contributed by atoms with Crippen LogP contribution in [0, 0.1) is 10.1 Å². The van der Waals surface area contributed by atoms with E-state index >= 15 is 0 Å². The molecule has 0 radical (unpaired) electrons. The zero-order valence-electron chi connectivity index (χ0n) is 10.0. The van der Waals surface area contributed by atoms with Gasteiger partial charge in [-0.15, -0.1) is 0 Å². The van der Waals surface area contributed by atoms with Gasteiger partial charge in [-0.25, -0.2) is 0 Å². The molecule has 0 unspecified atom stereocenters. The quantitative estimate of drug-likeness (QED) is 0.476. The minimum absolute atomic E-state index is 0.204. The predicted octanol–water partition coefficient (Wildman–Crippen LogP) is 2.76. The molecule has 0 saturated carbocycles. The van der Waals surface area contributed by atoms with Crippen LogP contribution in [0.3, 0.4) is 0 Å². The van der Waals surface area contributed by atoms with Crippen molar-refractivity contribution >= 4 is 11.4 Å². The first-order chi connectivity index (χ1) is 8.86. The molecule has 19 heavy (non-hydrogen) atoms. The van der Waals surface area contributed by atoms with Crippen LogP contribution in [0.4, 0.5) is 24.5 Å². The second-order valence-corrected chi connectivity index (χ2v) is 3.91. The van der Waals surface area contributed by atoms with E-state index in [0.29, 0.717) is 13.1 Å². The van der Waals surface area contributed by atoms with E-state index in [1.54, 1.807) is 0 Å². The lowest BCUT2D eigenvalue weighted by Crippen LogP contribution is -2.11. The Hall–Kier alpha value is -1.83. The zero-order valence-corrected chi connectivity index (χ0v) is 10.0. The molecule has 0 amide bonds. The number of alkyl halides is 3. The van der Waals surface area contributed by atoms with Crippen molar-refractivity contribution in [3.63, 3.8) is 0 Å². The number of nitro groups is 1. The molecule has 106 valence electrons. The van der Waals surface area contributed by atoms with Crippen LogP contribution in [0.2, 0.25) is 0 Å².